The molecule has 1 amide bonds. The predicted molar refractivity (Wildman–Crippen MR) is 68.1 cm³/mol. The number of aromatic nitrogens is 3. The lowest BCUT2D eigenvalue weighted by Crippen LogP contribution is -2.16. The number of aryl methyl sites for hydroxylation is 1. The van der Waals surface area contributed by atoms with Gasteiger partial charge in [-0.05, 0) is 19.4 Å². The second kappa shape index (κ2) is 3.69. The van der Waals surface area contributed by atoms with E-state index in [2.05, 4.69) is 19.9 Å². The molecule has 18 heavy (non-hydrogen) atoms. The monoisotopic (exact) mass is 245 g/mol. The molecule has 1 fully saturated rings. The molecule has 0 aliphatic carbocycles. The normalized spacial score (nSPS) is 19.4. The number of hydrogen-bond donors (Lipinski definition) is 2. The molecule has 0 bridgehead atoms. The molecular weight excluding hydrogens is 230 g/mol. The van der Waals surface area contributed by atoms with Crippen LogP contribution in [0.3, 0.4) is 0 Å². The van der Waals surface area contributed by atoms with Crippen LogP contribution in [0.2, 0.25) is 0 Å². The molecule has 6 nitrogen and oxygen atoms in total. The zero-order chi connectivity index (χ0) is 12.9. The molecule has 3 rings (SSSR count). The lowest BCUT2D eigenvalue weighted by Gasteiger charge is -2.13. The van der Waals surface area contributed by atoms with Gasteiger partial charge < -0.3 is 15.6 Å². The molecule has 2 aromatic rings. The molecule has 0 spiro atoms. The average Bonchev–Trinajstić information content (AvgIpc) is 2.84. The first kappa shape index (κ1) is 11.0. The van der Waals surface area contributed by atoms with Gasteiger partial charge in [-0.25, -0.2) is 9.97 Å². The van der Waals surface area contributed by atoms with Crippen LogP contribution in [-0.4, -0.2) is 27.0 Å². The molecule has 1 saturated heterocycles. The second-order valence-electron chi connectivity index (χ2n) is 4.70. The third-order valence-electron chi connectivity index (χ3n) is 3.68. The van der Waals surface area contributed by atoms with Crippen molar-refractivity contribution in [2.45, 2.75) is 26.3 Å². The predicted octanol–water partition coefficient (Wildman–Crippen LogP) is 0.691. The fourth-order valence-corrected chi connectivity index (χ4v) is 2.67. The molecule has 3 heterocycles. The zero-order valence-electron chi connectivity index (χ0n) is 10.4. The van der Waals surface area contributed by atoms with E-state index in [0.29, 0.717) is 18.8 Å². The standard InChI is InChI=1S/C12H15N5O/c1-6-7(2)17(8-3-9(18)14-4-8)12-10(6)11(13)15-5-16-12/h5,8H,3-4H2,1-2H3,(H,14,18)(H2,13,15,16). The van der Waals surface area contributed by atoms with Crippen LogP contribution in [0.5, 0.6) is 0 Å². The molecule has 0 radical (unpaired) electrons. The van der Waals surface area contributed by atoms with E-state index in [1.54, 1.807) is 0 Å². The Labute approximate surface area is 104 Å². The Morgan fingerprint density at radius 1 is 1.44 bits per heavy atom. The van der Waals surface area contributed by atoms with Crippen LogP contribution in [0.4, 0.5) is 5.82 Å². The highest BCUT2D eigenvalue weighted by atomic mass is 16.1. The summed E-state index contributed by atoms with van der Waals surface area (Å²) >= 11 is 0. The number of anilines is 1. The summed E-state index contributed by atoms with van der Waals surface area (Å²) in [7, 11) is 0. The Kier molecular flexibility index (Phi) is 2.26. The highest BCUT2D eigenvalue weighted by Gasteiger charge is 2.27. The minimum absolute atomic E-state index is 0.0842. The second-order valence-corrected chi connectivity index (χ2v) is 4.70. The smallest absolute Gasteiger partial charge is 0.222 e. The maximum absolute atomic E-state index is 11.4. The molecule has 6 heteroatoms. The van der Waals surface area contributed by atoms with Gasteiger partial charge in [-0.15, -0.1) is 0 Å². The number of fused-ring (bicyclic) bond motifs is 1. The Morgan fingerprint density at radius 3 is 2.89 bits per heavy atom. The summed E-state index contributed by atoms with van der Waals surface area (Å²) < 4.78 is 2.10. The summed E-state index contributed by atoms with van der Waals surface area (Å²) in [6.45, 7) is 4.68. The fourth-order valence-electron chi connectivity index (χ4n) is 2.67. The molecule has 1 unspecified atom stereocenters. The first-order valence-corrected chi connectivity index (χ1v) is 5.94. The summed E-state index contributed by atoms with van der Waals surface area (Å²) in [5, 5.41) is 3.75. The first-order valence-electron chi connectivity index (χ1n) is 5.94. The van der Waals surface area contributed by atoms with Crippen LogP contribution in [0.25, 0.3) is 11.0 Å². The van der Waals surface area contributed by atoms with Crippen LogP contribution in [0.15, 0.2) is 6.33 Å². The van der Waals surface area contributed by atoms with Crippen molar-refractivity contribution in [3.63, 3.8) is 0 Å². The molecule has 1 aliphatic rings. The third-order valence-corrected chi connectivity index (χ3v) is 3.68. The third kappa shape index (κ3) is 1.38. The highest BCUT2D eigenvalue weighted by Crippen LogP contribution is 2.31. The first-order chi connectivity index (χ1) is 8.59. The highest BCUT2D eigenvalue weighted by molar-refractivity contribution is 5.91. The van der Waals surface area contributed by atoms with Crippen LogP contribution in [0, 0.1) is 13.8 Å². The zero-order valence-corrected chi connectivity index (χ0v) is 10.4. The van der Waals surface area contributed by atoms with Gasteiger partial charge in [0.25, 0.3) is 0 Å². The maximum Gasteiger partial charge on any atom is 0.222 e. The van der Waals surface area contributed by atoms with Gasteiger partial charge in [0.05, 0.1) is 11.4 Å². The number of carbonyl (C=O) groups excluding carboxylic acids is 1. The van der Waals surface area contributed by atoms with Crippen molar-refractivity contribution in [2.24, 2.45) is 0 Å². The summed E-state index contributed by atoms with van der Waals surface area (Å²) in [5.41, 5.74) is 8.92. The Morgan fingerprint density at radius 2 is 2.22 bits per heavy atom. The van der Waals surface area contributed by atoms with Crippen molar-refractivity contribution in [3.8, 4) is 0 Å². The molecule has 0 saturated carbocycles. The van der Waals surface area contributed by atoms with Gasteiger partial charge in [0.2, 0.25) is 5.91 Å². The van der Waals surface area contributed by atoms with Gasteiger partial charge in [0.1, 0.15) is 17.8 Å². The number of hydrogen-bond acceptors (Lipinski definition) is 4. The van der Waals surface area contributed by atoms with E-state index in [4.69, 9.17) is 5.73 Å². The van der Waals surface area contributed by atoms with E-state index in [1.165, 1.54) is 6.33 Å². The number of nitrogens with one attached hydrogen (secondary N) is 1. The largest absolute Gasteiger partial charge is 0.383 e. The molecule has 1 atom stereocenters. The number of nitrogens with zero attached hydrogens (tertiary/aromatic N) is 3. The lowest BCUT2D eigenvalue weighted by atomic mass is 10.2. The molecule has 2 aromatic heterocycles. The summed E-state index contributed by atoms with van der Waals surface area (Å²) in [6, 6.07) is 0.114. The summed E-state index contributed by atoms with van der Waals surface area (Å²) in [5.74, 6) is 0.581. The lowest BCUT2D eigenvalue weighted by molar-refractivity contribution is -0.119. The molecule has 0 aromatic carbocycles. The number of carbonyl (C=O) groups is 1. The summed E-state index contributed by atoms with van der Waals surface area (Å²) in [4.78, 5) is 19.7. The Hall–Kier alpha value is -2.11. The van der Waals surface area contributed by atoms with Crippen LogP contribution >= 0.6 is 0 Å². The Bertz CT molecular complexity index is 645. The van der Waals surface area contributed by atoms with E-state index in [9.17, 15) is 4.79 Å². The van der Waals surface area contributed by atoms with Crippen molar-refractivity contribution in [2.75, 3.05) is 12.3 Å². The van der Waals surface area contributed by atoms with E-state index < -0.39 is 0 Å². The van der Waals surface area contributed by atoms with Crippen LogP contribution < -0.4 is 11.1 Å². The number of nitrogen functional groups attached to an aromatic ring is 1. The van der Waals surface area contributed by atoms with E-state index in [1.807, 2.05) is 13.8 Å². The van der Waals surface area contributed by atoms with E-state index in [0.717, 1.165) is 22.3 Å². The topological polar surface area (TPSA) is 85.8 Å². The average molecular weight is 245 g/mol. The Balaban J connectivity index is 2.26. The van der Waals surface area contributed by atoms with Gasteiger partial charge in [-0.2, -0.15) is 0 Å². The van der Waals surface area contributed by atoms with Crippen molar-refractivity contribution in [1.82, 2.24) is 19.9 Å². The van der Waals surface area contributed by atoms with Crippen LogP contribution in [0.1, 0.15) is 23.7 Å². The molecule has 94 valence electrons. The van der Waals surface area contributed by atoms with E-state index >= 15 is 0 Å². The number of nitrogens with two attached hydrogens (primary N) is 1. The maximum atomic E-state index is 11.4. The minimum atomic E-state index is 0.0842. The van der Waals surface area contributed by atoms with Gasteiger partial charge in [0, 0.05) is 18.7 Å². The van der Waals surface area contributed by atoms with Crippen molar-refractivity contribution < 1.29 is 4.79 Å². The van der Waals surface area contributed by atoms with Crippen molar-refractivity contribution in [1.29, 1.82) is 0 Å². The molecular formula is C12H15N5O. The van der Waals surface area contributed by atoms with Crippen molar-refractivity contribution >= 4 is 22.8 Å². The van der Waals surface area contributed by atoms with E-state index in [-0.39, 0.29) is 11.9 Å². The fraction of sp³-hybridized carbons (Fsp3) is 0.417. The SMILES string of the molecule is Cc1c(C)n(C2CNC(=O)C2)c2ncnc(N)c12. The van der Waals surface area contributed by atoms with Crippen molar-refractivity contribution in [3.05, 3.63) is 17.6 Å². The number of amides is 1. The number of rotatable bonds is 1. The van der Waals surface area contributed by atoms with Gasteiger partial charge in [-0.3, -0.25) is 4.79 Å². The molecule has 1 aliphatic heterocycles. The quantitative estimate of drug-likeness (QED) is 0.774. The van der Waals surface area contributed by atoms with Gasteiger partial charge in [0.15, 0.2) is 0 Å². The molecule has 3 N–H and O–H groups in total. The van der Waals surface area contributed by atoms with Gasteiger partial charge >= 0.3 is 0 Å². The van der Waals surface area contributed by atoms with Gasteiger partial charge in [-0.1, -0.05) is 0 Å². The van der Waals surface area contributed by atoms with Crippen LogP contribution in [-0.2, 0) is 4.79 Å². The summed E-state index contributed by atoms with van der Waals surface area (Å²) in [6.07, 6.45) is 1.96. The minimum Gasteiger partial charge on any atom is -0.383 e.